The number of carbonyl (C=O) groups is 2. The summed E-state index contributed by atoms with van der Waals surface area (Å²) in [6.07, 6.45) is 7.98. The number of allylic oxidation sites excluding steroid dienone is 3. The van der Waals surface area contributed by atoms with Crippen molar-refractivity contribution in [2.45, 2.75) is 54.1 Å². The zero-order valence-corrected chi connectivity index (χ0v) is 15.6. The monoisotopic (exact) mass is 384 g/mol. The molecule has 0 bridgehead atoms. The van der Waals surface area contributed by atoms with Crippen molar-refractivity contribution in [1.29, 1.82) is 0 Å². The van der Waals surface area contributed by atoms with Crippen molar-refractivity contribution in [1.82, 2.24) is 0 Å². The Balaban J connectivity index is 1.09. The normalized spacial score (nSPS) is 85.1. The molecule has 26 heavy (non-hydrogen) atoms. The number of fused-ring (bicyclic) bond motifs is 10. The fourth-order valence-electron chi connectivity index (χ4n) is 19.2. The summed E-state index contributed by atoms with van der Waals surface area (Å²) >= 11 is 0. The van der Waals surface area contributed by atoms with Crippen LogP contribution in [-0.4, -0.2) is 11.6 Å². The van der Waals surface area contributed by atoms with E-state index in [1.807, 2.05) is 49.4 Å². The molecular weight excluding hydrogens is 364 g/mol. The van der Waals surface area contributed by atoms with Crippen LogP contribution in [0.4, 0.5) is 0 Å². The molecule has 10 saturated heterocycles. The van der Waals surface area contributed by atoms with Gasteiger partial charge in [0, 0.05) is 0 Å². The summed E-state index contributed by atoms with van der Waals surface area (Å²) in [5, 5.41) is 0. The third-order valence-corrected chi connectivity index (χ3v) is 60.2. The van der Waals surface area contributed by atoms with Crippen molar-refractivity contribution in [3.63, 3.8) is 0 Å². The van der Waals surface area contributed by atoms with Gasteiger partial charge in [-0.15, -0.1) is 0 Å². The third-order valence-electron chi connectivity index (χ3n) is 17.2. The van der Waals surface area contributed by atoms with Crippen LogP contribution in [0.15, 0.2) is 48.6 Å². The van der Waals surface area contributed by atoms with E-state index in [-0.39, 0.29) is 5.78 Å². The molecular formula is C23H20FeO2. The average Bonchev–Trinajstić information content (AvgIpc) is 3.59. The molecule has 0 aromatic heterocycles. The summed E-state index contributed by atoms with van der Waals surface area (Å²) < 4.78 is 0.762. The predicted molar refractivity (Wildman–Crippen MR) is 95.7 cm³/mol. The fourth-order valence-corrected chi connectivity index (χ4v) is 95.3. The van der Waals surface area contributed by atoms with Crippen molar-refractivity contribution >= 4 is 17.6 Å². The van der Waals surface area contributed by atoms with Crippen LogP contribution in [0.5, 0.6) is 0 Å². The number of hydrogen-bond acceptors (Lipinski definition) is 2. The zero-order valence-electron chi connectivity index (χ0n) is 14.5. The Bertz CT molecular complexity index is 1530. The van der Waals surface area contributed by atoms with Crippen molar-refractivity contribution in [2.75, 3.05) is 0 Å². The predicted octanol–water partition coefficient (Wildman–Crippen LogP) is 5.54. The molecule has 0 aliphatic carbocycles. The van der Waals surface area contributed by atoms with E-state index in [0.717, 1.165) is 44.1 Å². The van der Waals surface area contributed by atoms with Crippen LogP contribution in [0.2, 0.25) is 47.2 Å². The first kappa shape index (κ1) is 11.4. The van der Waals surface area contributed by atoms with Gasteiger partial charge < -0.3 is 0 Å². The van der Waals surface area contributed by atoms with Gasteiger partial charge in [-0.25, -0.2) is 0 Å². The van der Waals surface area contributed by atoms with E-state index in [4.69, 9.17) is 0 Å². The van der Waals surface area contributed by atoms with Gasteiger partial charge in [-0.3, -0.25) is 0 Å². The van der Waals surface area contributed by atoms with E-state index >= 15 is 0 Å². The molecule has 132 valence electrons. The van der Waals surface area contributed by atoms with Crippen molar-refractivity contribution in [3.05, 3.63) is 54.1 Å². The molecule has 11 rings (SSSR count). The number of rotatable bonds is 5. The molecule has 0 amide bonds. The van der Waals surface area contributed by atoms with Gasteiger partial charge in [-0.05, 0) is 0 Å². The van der Waals surface area contributed by atoms with Crippen LogP contribution in [-0.2, 0) is 16.1 Å². The topological polar surface area (TPSA) is 34.1 Å². The molecule has 1 aromatic rings. The molecule has 1 aromatic carbocycles. The van der Waals surface area contributed by atoms with Gasteiger partial charge in [-0.1, -0.05) is 0 Å². The number of hydrogen-bond donors (Lipinski definition) is 0. The fraction of sp³-hybridized carbons (Fsp3) is 0.478. The molecule has 10 aliphatic heterocycles. The van der Waals surface area contributed by atoms with Gasteiger partial charge in [0.1, 0.15) is 0 Å². The van der Waals surface area contributed by atoms with E-state index in [0.29, 0.717) is 14.4 Å². The second-order valence-electron chi connectivity index (χ2n) is 12.9. The molecule has 10 heterocycles. The Hall–Kier alpha value is -1.44. The Morgan fingerprint density at radius 1 is 0.923 bits per heavy atom. The van der Waals surface area contributed by atoms with Crippen molar-refractivity contribution in [2.24, 2.45) is 0 Å². The summed E-state index contributed by atoms with van der Waals surface area (Å²) in [5.74, 6) is 0.730. The van der Waals surface area contributed by atoms with Crippen LogP contribution in [0.25, 0.3) is 6.08 Å². The molecule has 8 unspecified atom stereocenters. The maximum atomic E-state index is 12.9. The van der Waals surface area contributed by atoms with Gasteiger partial charge in [0.15, 0.2) is 0 Å². The van der Waals surface area contributed by atoms with Gasteiger partial charge in [-0.2, -0.15) is 0 Å². The summed E-state index contributed by atoms with van der Waals surface area (Å²) in [4.78, 5) is 33.6. The Kier molecular flexibility index (Phi) is 0.553. The number of ketones is 2. The zero-order chi connectivity index (χ0) is 17.0. The van der Waals surface area contributed by atoms with Crippen LogP contribution in [0.1, 0.15) is 12.5 Å². The second kappa shape index (κ2) is 1.26. The quantitative estimate of drug-likeness (QED) is 0.493. The molecule has 8 atom stereocenters. The average molecular weight is 384 g/mol. The van der Waals surface area contributed by atoms with E-state index in [1.165, 1.54) is 0 Å². The molecule has 0 saturated carbocycles. The maximum absolute atomic E-state index is 12.9. The SMILES string of the molecule is CC(=O)[C]12[CH]3[CH]4[CH]5[CH]1[Fe]45321678[CH]2[CH]1[CH]6[C]7(C=CC(=O)C=Cc1ccccc1)[CH]28. The molecule has 3 heteroatoms. The van der Waals surface area contributed by atoms with Crippen LogP contribution < -0.4 is 0 Å². The molecule has 1 spiro atoms. The Morgan fingerprint density at radius 2 is 1.54 bits per heavy atom. The van der Waals surface area contributed by atoms with Crippen LogP contribution in [0, 0.1) is 0 Å². The first-order valence-corrected chi connectivity index (χ1v) is 16.2. The summed E-state index contributed by atoms with van der Waals surface area (Å²) in [6, 6.07) is 10.0. The minimum atomic E-state index is -3.65. The number of benzene rings is 1. The van der Waals surface area contributed by atoms with Gasteiger partial charge in [0.05, 0.1) is 0 Å². The van der Waals surface area contributed by atoms with E-state index in [2.05, 4.69) is 6.08 Å². The molecule has 10 aliphatic rings. The van der Waals surface area contributed by atoms with E-state index in [9.17, 15) is 9.59 Å². The molecule has 0 radical (unpaired) electrons. The second-order valence-corrected chi connectivity index (χ2v) is 36.1. The van der Waals surface area contributed by atoms with Gasteiger partial charge >= 0.3 is 142 Å². The minimum absolute atomic E-state index is 0.127. The summed E-state index contributed by atoms with van der Waals surface area (Å²) in [7, 11) is 0. The van der Waals surface area contributed by atoms with Crippen molar-refractivity contribution in [3.8, 4) is 0 Å². The first-order chi connectivity index (χ1) is 12.3. The molecule has 2 nitrogen and oxygen atoms in total. The Morgan fingerprint density at radius 3 is 2.04 bits per heavy atom. The van der Waals surface area contributed by atoms with E-state index < -0.39 is 6.51 Å². The standard InChI is InChI=1S/C16H13O.C7H7O.Fe/c17-16(13-11-15-8-4-5-9-15)12-10-14-6-2-1-3-7-14;1-6(8)7-4-2-3-5-7;/h1-13H;2-5H,1H3;. The third kappa shape index (κ3) is 0.168. The van der Waals surface area contributed by atoms with Crippen LogP contribution in [0.3, 0.4) is 0 Å². The molecule has 10 fully saturated rings. The van der Waals surface area contributed by atoms with Gasteiger partial charge in [0.2, 0.25) is 0 Å². The van der Waals surface area contributed by atoms with Crippen molar-refractivity contribution < 1.29 is 16.1 Å². The van der Waals surface area contributed by atoms with Gasteiger partial charge in [0.25, 0.3) is 0 Å². The Labute approximate surface area is 142 Å². The molecule has 0 N–H and O–H groups in total. The van der Waals surface area contributed by atoms with E-state index in [1.54, 1.807) is 6.08 Å². The number of Topliss-reactive ketones (excluding diaryl/α,β-unsaturated/α-hetero) is 1. The summed E-state index contributed by atoms with van der Waals surface area (Å²) in [5.41, 5.74) is 1.07. The summed E-state index contributed by atoms with van der Waals surface area (Å²) in [6.45, 7) is -1.71. The first-order valence-electron chi connectivity index (χ1n) is 10.0. The van der Waals surface area contributed by atoms with Crippen LogP contribution >= 0.6 is 0 Å². The number of carbonyl (C=O) groups excluding carboxylic acids is 2.